The molecule has 0 unspecified atom stereocenters. The molecule has 0 atom stereocenters. The smallest absolute Gasteiger partial charge is 0.319 e. The number of methoxy groups -OCH3 is 1. The number of ether oxygens (including phenoxy) is 1. The molecule has 0 saturated heterocycles. The third-order valence-corrected chi connectivity index (χ3v) is 2.27. The number of carbonyl (C=O) groups excluding carboxylic acids is 1. The first-order valence-corrected chi connectivity index (χ1v) is 5.26. The van der Waals surface area contributed by atoms with Crippen molar-refractivity contribution in [3.63, 3.8) is 0 Å². The highest BCUT2D eigenvalue weighted by Gasteiger charge is 2.02. The van der Waals surface area contributed by atoms with Gasteiger partial charge in [-0.2, -0.15) is 0 Å². The fourth-order valence-corrected chi connectivity index (χ4v) is 1.46. The predicted molar refractivity (Wildman–Crippen MR) is 65.0 cm³/mol. The van der Waals surface area contributed by atoms with Crippen molar-refractivity contribution in [1.29, 1.82) is 0 Å². The van der Waals surface area contributed by atoms with Crippen LogP contribution in [0.15, 0.2) is 24.5 Å². The van der Waals surface area contributed by atoms with E-state index >= 15 is 0 Å². The number of hydrogen-bond acceptors (Lipinski definition) is 3. The van der Waals surface area contributed by atoms with E-state index in [-0.39, 0.29) is 6.03 Å². The standard InChI is InChI=1S/C11H14N4O2/c1-17-5-4-12-11(16)15-8-2-3-9-10(6-8)14-7-13-9/h2-3,6-7H,4-5H2,1H3,(H,13,14)(H2,12,15,16). The van der Waals surface area contributed by atoms with Gasteiger partial charge in [0.25, 0.3) is 0 Å². The first-order chi connectivity index (χ1) is 8.29. The van der Waals surface area contributed by atoms with Gasteiger partial charge in [-0.1, -0.05) is 0 Å². The summed E-state index contributed by atoms with van der Waals surface area (Å²) in [4.78, 5) is 18.5. The lowest BCUT2D eigenvalue weighted by Crippen LogP contribution is -2.31. The molecule has 2 amide bonds. The van der Waals surface area contributed by atoms with Crippen LogP contribution in [0.4, 0.5) is 10.5 Å². The molecule has 0 radical (unpaired) electrons. The zero-order valence-corrected chi connectivity index (χ0v) is 9.49. The van der Waals surface area contributed by atoms with E-state index in [4.69, 9.17) is 4.74 Å². The summed E-state index contributed by atoms with van der Waals surface area (Å²) < 4.78 is 4.83. The van der Waals surface area contributed by atoms with Crippen LogP contribution in [-0.2, 0) is 4.74 Å². The number of fused-ring (bicyclic) bond motifs is 1. The molecule has 0 aliphatic carbocycles. The predicted octanol–water partition coefficient (Wildman–Crippen LogP) is 1.33. The molecule has 90 valence electrons. The van der Waals surface area contributed by atoms with Gasteiger partial charge in [0.15, 0.2) is 0 Å². The SMILES string of the molecule is COCCNC(=O)Nc1ccc2nc[nH]c2c1. The molecule has 2 rings (SSSR count). The van der Waals surface area contributed by atoms with Crippen LogP contribution in [-0.4, -0.2) is 36.3 Å². The van der Waals surface area contributed by atoms with Gasteiger partial charge in [-0.3, -0.25) is 0 Å². The number of hydrogen-bond donors (Lipinski definition) is 3. The summed E-state index contributed by atoms with van der Waals surface area (Å²) >= 11 is 0. The number of rotatable bonds is 4. The number of imidazole rings is 1. The zero-order chi connectivity index (χ0) is 12.1. The van der Waals surface area contributed by atoms with E-state index < -0.39 is 0 Å². The largest absolute Gasteiger partial charge is 0.383 e. The molecule has 0 aliphatic heterocycles. The van der Waals surface area contributed by atoms with Gasteiger partial charge in [-0.25, -0.2) is 9.78 Å². The van der Waals surface area contributed by atoms with Gasteiger partial charge in [-0.15, -0.1) is 0 Å². The van der Waals surface area contributed by atoms with E-state index in [9.17, 15) is 4.79 Å². The number of amides is 2. The summed E-state index contributed by atoms with van der Waals surface area (Å²) in [5.41, 5.74) is 2.48. The highest BCUT2D eigenvalue weighted by Crippen LogP contribution is 2.15. The molecule has 2 aromatic rings. The molecule has 0 bridgehead atoms. The highest BCUT2D eigenvalue weighted by molar-refractivity contribution is 5.91. The molecule has 1 aromatic heterocycles. The molecule has 3 N–H and O–H groups in total. The molecular weight excluding hydrogens is 220 g/mol. The topological polar surface area (TPSA) is 79.0 Å². The number of aromatic nitrogens is 2. The Morgan fingerprint density at radius 2 is 2.41 bits per heavy atom. The van der Waals surface area contributed by atoms with E-state index in [2.05, 4.69) is 20.6 Å². The minimum Gasteiger partial charge on any atom is -0.383 e. The Balaban J connectivity index is 1.95. The Labute approximate surface area is 98.4 Å². The maximum Gasteiger partial charge on any atom is 0.319 e. The average Bonchev–Trinajstić information content (AvgIpc) is 2.76. The van der Waals surface area contributed by atoms with E-state index in [1.165, 1.54) is 0 Å². The lowest BCUT2D eigenvalue weighted by atomic mass is 10.3. The molecule has 0 spiro atoms. The second-order valence-corrected chi connectivity index (χ2v) is 3.51. The molecule has 0 aliphatic rings. The lowest BCUT2D eigenvalue weighted by Gasteiger charge is -2.06. The third kappa shape index (κ3) is 2.94. The zero-order valence-electron chi connectivity index (χ0n) is 9.49. The van der Waals surface area contributed by atoms with Crippen LogP contribution in [0.1, 0.15) is 0 Å². The molecule has 6 nitrogen and oxygen atoms in total. The minimum atomic E-state index is -0.249. The van der Waals surface area contributed by atoms with Crippen LogP contribution in [0.3, 0.4) is 0 Å². The van der Waals surface area contributed by atoms with Gasteiger partial charge in [0.05, 0.1) is 24.0 Å². The monoisotopic (exact) mass is 234 g/mol. The summed E-state index contributed by atoms with van der Waals surface area (Å²) in [6, 6.07) is 5.23. The van der Waals surface area contributed by atoms with Crippen molar-refractivity contribution >= 4 is 22.8 Å². The molecule has 6 heteroatoms. The fraction of sp³-hybridized carbons (Fsp3) is 0.273. The van der Waals surface area contributed by atoms with Crippen LogP contribution < -0.4 is 10.6 Å². The Morgan fingerprint density at radius 3 is 3.24 bits per heavy atom. The van der Waals surface area contributed by atoms with Crippen molar-refractivity contribution in [3.8, 4) is 0 Å². The maximum atomic E-state index is 11.5. The van der Waals surface area contributed by atoms with Gasteiger partial charge in [-0.05, 0) is 18.2 Å². The Morgan fingerprint density at radius 1 is 1.53 bits per heavy atom. The molecular formula is C11H14N4O2. The van der Waals surface area contributed by atoms with E-state index in [1.807, 2.05) is 12.1 Å². The van der Waals surface area contributed by atoms with Crippen molar-refractivity contribution in [2.45, 2.75) is 0 Å². The van der Waals surface area contributed by atoms with Gasteiger partial charge < -0.3 is 20.4 Å². The van der Waals surface area contributed by atoms with Gasteiger partial charge in [0.2, 0.25) is 0 Å². The van der Waals surface area contributed by atoms with Gasteiger partial charge >= 0.3 is 6.03 Å². The van der Waals surface area contributed by atoms with Crippen LogP contribution in [0.25, 0.3) is 11.0 Å². The number of anilines is 1. The molecule has 1 aromatic carbocycles. The first kappa shape index (κ1) is 11.4. The fourth-order valence-electron chi connectivity index (χ4n) is 1.46. The van der Waals surface area contributed by atoms with Crippen LogP contribution in [0.2, 0.25) is 0 Å². The number of benzene rings is 1. The second-order valence-electron chi connectivity index (χ2n) is 3.51. The van der Waals surface area contributed by atoms with E-state index in [0.717, 1.165) is 16.7 Å². The number of urea groups is 1. The molecule has 1 heterocycles. The number of carbonyl (C=O) groups is 1. The van der Waals surface area contributed by atoms with Crippen LogP contribution >= 0.6 is 0 Å². The lowest BCUT2D eigenvalue weighted by molar-refractivity contribution is 0.198. The van der Waals surface area contributed by atoms with Crippen molar-refractivity contribution in [1.82, 2.24) is 15.3 Å². The van der Waals surface area contributed by atoms with Crippen molar-refractivity contribution < 1.29 is 9.53 Å². The molecule has 0 fully saturated rings. The number of nitrogens with zero attached hydrogens (tertiary/aromatic N) is 1. The van der Waals surface area contributed by atoms with Gasteiger partial charge in [0, 0.05) is 19.3 Å². The van der Waals surface area contributed by atoms with Gasteiger partial charge in [0.1, 0.15) is 0 Å². The number of H-pyrrole nitrogens is 1. The summed E-state index contributed by atoms with van der Waals surface area (Å²) in [6.07, 6.45) is 1.62. The summed E-state index contributed by atoms with van der Waals surface area (Å²) in [5, 5.41) is 5.40. The summed E-state index contributed by atoms with van der Waals surface area (Å²) in [7, 11) is 1.59. The highest BCUT2D eigenvalue weighted by atomic mass is 16.5. The number of aromatic amines is 1. The minimum absolute atomic E-state index is 0.249. The third-order valence-electron chi connectivity index (χ3n) is 2.27. The van der Waals surface area contributed by atoms with Crippen molar-refractivity contribution in [2.24, 2.45) is 0 Å². The summed E-state index contributed by atoms with van der Waals surface area (Å²) in [5.74, 6) is 0. The maximum absolute atomic E-state index is 11.5. The van der Waals surface area contributed by atoms with Crippen LogP contribution in [0, 0.1) is 0 Å². The second kappa shape index (κ2) is 5.31. The Kier molecular flexibility index (Phi) is 3.56. The van der Waals surface area contributed by atoms with Crippen molar-refractivity contribution in [2.75, 3.05) is 25.6 Å². The van der Waals surface area contributed by atoms with Crippen LogP contribution in [0.5, 0.6) is 0 Å². The first-order valence-electron chi connectivity index (χ1n) is 5.26. The summed E-state index contributed by atoms with van der Waals surface area (Å²) in [6.45, 7) is 0.974. The van der Waals surface area contributed by atoms with Crippen molar-refractivity contribution in [3.05, 3.63) is 24.5 Å². The normalized spacial score (nSPS) is 10.4. The Bertz CT molecular complexity index is 509. The molecule has 0 saturated carbocycles. The quantitative estimate of drug-likeness (QED) is 0.698. The Hall–Kier alpha value is -2.08. The molecule has 17 heavy (non-hydrogen) atoms. The average molecular weight is 234 g/mol. The van der Waals surface area contributed by atoms with E-state index in [1.54, 1.807) is 19.5 Å². The number of nitrogens with one attached hydrogen (secondary N) is 3. The van der Waals surface area contributed by atoms with E-state index in [0.29, 0.717) is 13.2 Å².